The van der Waals surface area contributed by atoms with E-state index in [1.165, 1.54) is 0 Å². The smallest absolute Gasteiger partial charge is 0.257 e. The molecule has 0 aromatic heterocycles. The Kier molecular flexibility index (Phi) is 6.49. The molecule has 0 atom stereocenters. The van der Waals surface area contributed by atoms with Crippen molar-refractivity contribution in [2.45, 2.75) is 6.54 Å². The maximum atomic E-state index is 12.2. The van der Waals surface area contributed by atoms with Crippen molar-refractivity contribution in [1.29, 1.82) is 0 Å². The molecule has 0 saturated carbocycles. The van der Waals surface area contributed by atoms with Gasteiger partial charge in [-0.3, -0.25) is 14.9 Å². The summed E-state index contributed by atoms with van der Waals surface area (Å²) in [7, 11) is 0. The van der Waals surface area contributed by atoms with Crippen molar-refractivity contribution in [3.05, 3.63) is 102 Å². The van der Waals surface area contributed by atoms with E-state index in [-0.39, 0.29) is 16.9 Å². The molecule has 0 aliphatic carbocycles. The highest BCUT2D eigenvalue weighted by molar-refractivity contribution is 7.80. The van der Waals surface area contributed by atoms with Crippen LogP contribution in [0, 0.1) is 0 Å². The number of carbonyl (C=O) groups is 2. The van der Waals surface area contributed by atoms with E-state index in [2.05, 4.69) is 16.0 Å². The Morgan fingerprint density at radius 2 is 1.29 bits per heavy atom. The van der Waals surface area contributed by atoms with Crippen molar-refractivity contribution in [1.82, 2.24) is 10.6 Å². The van der Waals surface area contributed by atoms with Crippen LogP contribution in [0.3, 0.4) is 0 Å². The Bertz CT molecular complexity index is 958. The molecule has 0 unspecified atom stereocenters. The van der Waals surface area contributed by atoms with Crippen LogP contribution in [0.2, 0.25) is 0 Å². The summed E-state index contributed by atoms with van der Waals surface area (Å²) in [6.07, 6.45) is 0. The third-order valence-electron chi connectivity index (χ3n) is 3.96. The number of hydrogen-bond acceptors (Lipinski definition) is 3. The predicted octanol–water partition coefficient (Wildman–Crippen LogP) is 3.74. The maximum Gasteiger partial charge on any atom is 0.257 e. The van der Waals surface area contributed by atoms with Gasteiger partial charge in [0.1, 0.15) is 0 Å². The molecular weight excluding hydrogens is 370 g/mol. The number of benzene rings is 3. The van der Waals surface area contributed by atoms with E-state index < -0.39 is 0 Å². The SMILES string of the molecule is O=C(NCc1ccccc1)c1ccc(NC(=S)NC(=O)c2ccccc2)cc1. The zero-order valence-corrected chi connectivity index (χ0v) is 15.8. The second-order valence-electron chi connectivity index (χ2n) is 6.02. The fourth-order valence-corrected chi connectivity index (χ4v) is 2.72. The van der Waals surface area contributed by atoms with Gasteiger partial charge >= 0.3 is 0 Å². The first-order valence-corrected chi connectivity index (χ1v) is 9.12. The van der Waals surface area contributed by atoms with Crippen molar-refractivity contribution in [2.24, 2.45) is 0 Å². The normalized spacial score (nSPS) is 10.0. The highest BCUT2D eigenvalue weighted by atomic mass is 32.1. The lowest BCUT2D eigenvalue weighted by atomic mass is 10.2. The first-order valence-electron chi connectivity index (χ1n) is 8.71. The molecule has 3 aromatic rings. The largest absolute Gasteiger partial charge is 0.348 e. The standard InChI is InChI=1S/C22H19N3O2S/c26-20(23-15-16-7-3-1-4-8-16)18-11-13-19(14-12-18)24-22(28)25-21(27)17-9-5-2-6-10-17/h1-14H,15H2,(H,23,26)(H2,24,25,27,28). The molecule has 0 saturated heterocycles. The van der Waals surface area contributed by atoms with Crippen LogP contribution in [0.1, 0.15) is 26.3 Å². The van der Waals surface area contributed by atoms with Crippen LogP contribution in [-0.2, 0) is 6.54 Å². The van der Waals surface area contributed by atoms with E-state index >= 15 is 0 Å². The topological polar surface area (TPSA) is 70.2 Å². The Hall–Kier alpha value is -3.51. The summed E-state index contributed by atoms with van der Waals surface area (Å²) < 4.78 is 0. The Morgan fingerprint density at radius 3 is 1.93 bits per heavy atom. The minimum atomic E-state index is -0.282. The summed E-state index contributed by atoms with van der Waals surface area (Å²) in [5.41, 5.74) is 2.78. The summed E-state index contributed by atoms with van der Waals surface area (Å²) in [6, 6.07) is 25.4. The second-order valence-corrected chi connectivity index (χ2v) is 6.43. The van der Waals surface area contributed by atoms with Gasteiger partial charge < -0.3 is 10.6 Å². The minimum Gasteiger partial charge on any atom is -0.348 e. The zero-order chi connectivity index (χ0) is 19.8. The van der Waals surface area contributed by atoms with E-state index in [4.69, 9.17) is 12.2 Å². The van der Waals surface area contributed by atoms with Gasteiger partial charge in [0.2, 0.25) is 0 Å². The van der Waals surface area contributed by atoms with E-state index in [1.807, 2.05) is 36.4 Å². The van der Waals surface area contributed by atoms with Crippen LogP contribution >= 0.6 is 12.2 Å². The number of carbonyl (C=O) groups excluding carboxylic acids is 2. The lowest BCUT2D eigenvalue weighted by Gasteiger charge is -2.10. The lowest BCUT2D eigenvalue weighted by Crippen LogP contribution is -2.34. The summed E-state index contributed by atoms with van der Waals surface area (Å²) in [5.74, 6) is -0.439. The minimum absolute atomic E-state index is 0.157. The number of anilines is 1. The lowest BCUT2D eigenvalue weighted by molar-refractivity contribution is 0.0948. The molecule has 0 radical (unpaired) electrons. The fourth-order valence-electron chi connectivity index (χ4n) is 2.51. The molecule has 0 fully saturated rings. The van der Waals surface area contributed by atoms with Gasteiger partial charge in [0.15, 0.2) is 5.11 Å². The van der Waals surface area contributed by atoms with Gasteiger partial charge in [-0.05, 0) is 54.2 Å². The van der Waals surface area contributed by atoms with Gasteiger partial charge in [-0.15, -0.1) is 0 Å². The quantitative estimate of drug-likeness (QED) is 0.582. The highest BCUT2D eigenvalue weighted by Gasteiger charge is 2.08. The van der Waals surface area contributed by atoms with Gasteiger partial charge in [0.25, 0.3) is 11.8 Å². The number of thiocarbonyl (C=S) groups is 1. The molecule has 0 aliphatic heterocycles. The molecule has 140 valence electrons. The van der Waals surface area contributed by atoms with Crippen molar-refractivity contribution in [3.8, 4) is 0 Å². The van der Waals surface area contributed by atoms with Crippen molar-refractivity contribution in [2.75, 3.05) is 5.32 Å². The van der Waals surface area contributed by atoms with Gasteiger partial charge in [-0.1, -0.05) is 48.5 Å². The van der Waals surface area contributed by atoms with Crippen LogP contribution in [-0.4, -0.2) is 16.9 Å². The van der Waals surface area contributed by atoms with E-state index in [0.717, 1.165) is 5.56 Å². The zero-order valence-electron chi connectivity index (χ0n) is 15.0. The molecule has 0 spiro atoms. The van der Waals surface area contributed by atoms with E-state index in [9.17, 15) is 9.59 Å². The molecule has 5 nitrogen and oxygen atoms in total. The van der Waals surface area contributed by atoms with Crippen LogP contribution < -0.4 is 16.0 Å². The van der Waals surface area contributed by atoms with Gasteiger partial charge in [0, 0.05) is 23.4 Å². The average Bonchev–Trinajstić information content (AvgIpc) is 2.74. The molecule has 0 heterocycles. The monoisotopic (exact) mass is 389 g/mol. The third-order valence-corrected chi connectivity index (χ3v) is 4.17. The van der Waals surface area contributed by atoms with Crippen LogP contribution in [0.15, 0.2) is 84.9 Å². The van der Waals surface area contributed by atoms with Crippen LogP contribution in [0.5, 0.6) is 0 Å². The average molecular weight is 389 g/mol. The first kappa shape index (κ1) is 19.3. The number of hydrogen-bond donors (Lipinski definition) is 3. The van der Waals surface area contributed by atoms with E-state index in [0.29, 0.717) is 23.4 Å². The van der Waals surface area contributed by atoms with Gasteiger partial charge in [0.05, 0.1) is 0 Å². The van der Waals surface area contributed by atoms with Crippen molar-refractivity contribution in [3.63, 3.8) is 0 Å². The van der Waals surface area contributed by atoms with E-state index in [1.54, 1.807) is 48.5 Å². The number of nitrogens with one attached hydrogen (secondary N) is 3. The molecule has 0 bridgehead atoms. The van der Waals surface area contributed by atoms with Gasteiger partial charge in [-0.2, -0.15) is 0 Å². The van der Waals surface area contributed by atoms with Crippen LogP contribution in [0.4, 0.5) is 5.69 Å². The molecule has 2 amide bonds. The molecule has 6 heteroatoms. The molecule has 0 aliphatic rings. The van der Waals surface area contributed by atoms with Crippen LogP contribution in [0.25, 0.3) is 0 Å². The van der Waals surface area contributed by atoms with Gasteiger partial charge in [-0.25, -0.2) is 0 Å². The highest BCUT2D eigenvalue weighted by Crippen LogP contribution is 2.10. The summed E-state index contributed by atoms with van der Waals surface area (Å²) in [6.45, 7) is 0.468. The Morgan fingerprint density at radius 1 is 0.714 bits per heavy atom. The second kappa shape index (κ2) is 9.43. The molecule has 3 N–H and O–H groups in total. The third kappa shape index (κ3) is 5.49. The Labute approximate surface area is 168 Å². The molecule has 3 rings (SSSR count). The first-order chi connectivity index (χ1) is 13.6. The Balaban J connectivity index is 1.51. The summed E-state index contributed by atoms with van der Waals surface area (Å²) in [5, 5.41) is 8.62. The van der Waals surface area contributed by atoms with Crippen molar-refractivity contribution >= 4 is 34.8 Å². The molecule has 28 heavy (non-hydrogen) atoms. The predicted molar refractivity (Wildman–Crippen MR) is 114 cm³/mol. The summed E-state index contributed by atoms with van der Waals surface area (Å²) in [4.78, 5) is 24.3. The maximum absolute atomic E-state index is 12.2. The molecule has 3 aromatic carbocycles. The van der Waals surface area contributed by atoms with Crippen molar-refractivity contribution < 1.29 is 9.59 Å². The number of amides is 2. The summed E-state index contributed by atoms with van der Waals surface area (Å²) >= 11 is 5.17. The number of rotatable bonds is 5. The molecular formula is C22H19N3O2S. The fraction of sp³-hybridized carbons (Fsp3) is 0.0455.